The van der Waals surface area contributed by atoms with Crippen LogP contribution in [0, 0.1) is 0 Å². The third kappa shape index (κ3) is 4.49. The van der Waals surface area contributed by atoms with Gasteiger partial charge in [0.1, 0.15) is 0 Å². The minimum atomic E-state index is -1.11. The van der Waals surface area contributed by atoms with Crippen LogP contribution in [-0.4, -0.2) is 23.1 Å². The molecule has 1 aromatic carbocycles. The number of urea groups is 1. The smallest absolute Gasteiger partial charge is 0.337 e. The molecule has 0 bridgehead atoms. The number of benzene rings is 1. The van der Waals surface area contributed by atoms with E-state index < -0.39 is 12.0 Å². The molecule has 0 saturated carbocycles. The molecule has 1 rings (SSSR count). The molecule has 0 fully saturated rings. The molecule has 1 aromatic rings. The van der Waals surface area contributed by atoms with Gasteiger partial charge >= 0.3 is 12.0 Å². The molecule has 0 saturated heterocycles. The number of rotatable bonds is 5. The van der Waals surface area contributed by atoms with E-state index in [2.05, 4.69) is 42.5 Å². The van der Waals surface area contributed by atoms with Gasteiger partial charge in [-0.1, -0.05) is 29.8 Å². The van der Waals surface area contributed by atoms with Crippen molar-refractivity contribution >= 4 is 49.5 Å². The van der Waals surface area contributed by atoms with E-state index in [-0.39, 0.29) is 17.3 Å². The third-order valence-corrected chi connectivity index (χ3v) is 3.93. The van der Waals surface area contributed by atoms with E-state index in [4.69, 9.17) is 0 Å². The Labute approximate surface area is 134 Å². The maximum atomic E-state index is 11.9. The zero-order valence-electron chi connectivity index (χ0n) is 11.2. The number of hydrogen-bond donors (Lipinski definition) is 3. The van der Waals surface area contributed by atoms with Gasteiger partial charge in [-0.3, -0.25) is 0 Å². The highest BCUT2D eigenvalue weighted by atomic mass is 79.9. The molecule has 0 heterocycles. The lowest BCUT2D eigenvalue weighted by Crippen LogP contribution is -2.37. The van der Waals surface area contributed by atoms with Gasteiger partial charge < -0.3 is 15.7 Å². The molecule has 0 atom stereocenters. The van der Waals surface area contributed by atoms with Crippen molar-refractivity contribution in [3.05, 3.63) is 26.6 Å². The first-order chi connectivity index (χ1) is 9.38. The van der Waals surface area contributed by atoms with Crippen LogP contribution in [0.25, 0.3) is 0 Å². The van der Waals surface area contributed by atoms with Crippen molar-refractivity contribution in [1.29, 1.82) is 0 Å². The largest absolute Gasteiger partial charge is 0.478 e. The van der Waals surface area contributed by atoms with Gasteiger partial charge in [0.2, 0.25) is 0 Å². The average molecular weight is 408 g/mol. The van der Waals surface area contributed by atoms with Crippen LogP contribution in [-0.2, 0) is 0 Å². The van der Waals surface area contributed by atoms with E-state index >= 15 is 0 Å². The van der Waals surface area contributed by atoms with E-state index in [0.29, 0.717) is 8.95 Å². The number of nitrogens with one attached hydrogen (secondary N) is 2. The summed E-state index contributed by atoms with van der Waals surface area (Å²) in [5.41, 5.74) is 0.259. The Balaban J connectivity index is 2.97. The van der Waals surface area contributed by atoms with E-state index in [0.717, 1.165) is 12.8 Å². The van der Waals surface area contributed by atoms with Crippen LogP contribution < -0.4 is 10.6 Å². The number of carbonyl (C=O) groups is 2. The topological polar surface area (TPSA) is 78.4 Å². The van der Waals surface area contributed by atoms with Crippen molar-refractivity contribution in [2.75, 3.05) is 5.32 Å². The lowest BCUT2D eigenvalue weighted by molar-refractivity contribution is 0.0698. The Morgan fingerprint density at radius 2 is 1.85 bits per heavy atom. The van der Waals surface area contributed by atoms with Gasteiger partial charge in [0.15, 0.2) is 0 Å². The van der Waals surface area contributed by atoms with Crippen molar-refractivity contribution in [2.45, 2.75) is 32.7 Å². The Morgan fingerprint density at radius 1 is 1.25 bits per heavy atom. The highest BCUT2D eigenvalue weighted by Crippen LogP contribution is 2.30. The number of carbonyl (C=O) groups excluding carboxylic acids is 1. The van der Waals surface area contributed by atoms with Gasteiger partial charge in [-0.15, -0.1) is 0 Å². The number of amides is 2. The fourth-order valence-electron chi connectivity index (χ4n) is 1.70. The molecule has 0 aliphatic heterocycles. The molecular formula is C13H16Br2N2O3. The summed E-state index contributed by atoms with van der Waals surface area (Å²) in [6.45, 7) is 3.96. The van der Waals surface area contributed by atoms with Crippen LogP contribution in [0.1, 0.15) is 37.0 Å². The van der Waals surface area contributed by atoms with E-state index in [1.807, 2.05) is 13.8 Å². The predicted octanol–water partition coefficient (Wildman–Crippen LogP) is 4.22. The Kier molecular flexibility index (Phi) is 6.48. The predicted molar refractivity (Wildman–Crippen MR) is 85.3 cm³/mol. The Bertz CT molecular complexity index is 517. The van der Waals surface area contributed by atoms with Gasteiger partial charge in [0.05, 0.1) is 11.3 Å². The summed E-state index contributed by atoms with van der Waals surface area (Å²) in [6, 6.07) is 2.78. The number of halogens is 2. The second-order valence-corrected chi connectivity index (χ2v) is 6.00. The van der Waals surface area contributed by atoms with Crippen molar-refractivity contribution in [3.63, 3.8) is 0 Å². The van der Waals surface area contributed by atoms with Gasteiger partial charge in [0, 0.05) is 15.0 Å². The van der Waals surface area contributed by atoms with Crippen molar-refractivity contribution in [3.8, 4) is 0 Å². The van der Waals surface area contributed by atoms with Crippen LogP contribution in [0.5, 0.6) is 0 Å². The first kappa shape index (κ1) is 17.0. The minimum Gasteiger partial charge on any atom is -0.478 e. The zero-order chi connectivity index (χ0) is 15.3. The Morgan fingerprint density at radius 3 is 2.35 bits per heavy atom. The van der Waals surface area contributed by atoms with E-state index in [1.165, 1.54) is 6.07 Å². The number of aromatic carboxylic acids is 1. The summed E-state index contributed by atoms with van der Waals surface area (Å²) in [5, 5.41) is 14.6. The Hall–Kier alpha value is -1.08. The SMILES string of the molecule is CCC(CC)NC(=O)Nc1c(Br)cc(Br)cc1C(=O)O. The molecule has 0 spiro atoms. The van der Waals surface area contributed by atoms with E-state index in [1.54, 1.807) is 6.07 Å². The van der Waals surface area contributed by atoms with Crippen LogP contribution in [0.4, 0.5) is 10.5 Å². The number of carboxylic acid groups (broad SMARTS) is 1. The van der Waals surface area contributed by atoms with Gasteiger partial charge in [-0.2, -0.15) is 0 Å². The monoisotopic (exact) mass is 406 g/mol. The third-order valence-electron chi connectivity index (χ3n) is 2.84. The number of anilines is 1. The second kappa shape index (κ2) is 7.64. The first-order valence-electron chi connectivity index (χ1n) is 6.18. The zero-order valence-corrected chi connectivity index (χ0v) is 14.3. The molecule has 0 aromatic heterocycles. The molecule has 0 unspecified atom stereocenters. The fourth-order valence-corrected chi connectivity index (χ4v) is 3.02. The fraction of sp³-hybridized carbons (Fsp3) is 0.385. The van der Waals surface area contributed by atoms with Crippen LogP contribution >= 0.6 is 31.9 Å². The van der Waals surface area contributed by atoms with Gasteiger partial charge in [0.25, 0.3) is 0 Å². The molecule has 5 nitrogen and oxygen atoms in total. The molecule has 2 amide bonds. The minimum absolute atomic E-state index is 0.0194. The summed E-state index contributed by atoms with van der Waals surface area (Å²) in [5.74, 6) is -1.11. The van der Waals surface area contributed by atoms with Crippen molar-refractivity contribution < 1.29 is 14.7 Å². The average Bonchev–Trinajstić information content (AvgIpc) is 2.38. The number of carboxylic acids is 1. The van der Waals surface area contributed by atoms with Gasteiger partial charge in [-0.05, 0) is 40.9 Å². The molecule has 110 valence electrons. The number of hydrogen-bond acceptors (Lipinski definition) is 2. The van der Waals surface area contributed by atoms with Gasteiger partial charge in [-0.25, -0.2) is 9.59 Å². The van der Waals surface area contributed by atoms with Crippen LogP contribution in [0.3, 0.4) is 0 Å². The van der Waals surface area contributed by atoms with Crippen LogP contribution in [0.15, 0.2) is 21.1 Å². The molecule has 20 heavy (non-hydrogen) atoms. The second-order valence-electron chi connectivity index (χ2n) is 4.23. The summed E-state index contributed by atoms with van der Waals surface area (Å²) in [4.78, 5) is 23.1. The van der Waals surface area contributed by atoms with Crippen molar-refractivity contribution in [2.24, 2.45) is 0 Å². The molecule has 0 aliphatic carbocycles. The van der Waals surface area contributed by atoms with E-state index in [9.17, 15) is 14.7 Å². The molecule has 0 aliphatic rings. The first-order valence-corrected chi connectivity index (χ1v) is 7.77. The molecule has 7 heteroatoms. The molecular weight excluding hydrogens is 392 g/mol. The molecule has 0 radical (unpaired) electrons. The van der Waals surface area contributed by atoms with Crippen molar-refractivity contribution in [1.82, 2.24) is 5.32 Å². The summed E-state index contributed by atoms with van der Waals surface area (Å²) in [7, 11) is 0. The maximum absolute atomic E-state index is 11.9. The standard InChI is InChI=1S/C13H16Br2N2O3/c1-3-8(4-2)16-13(20)17-11-9(12(18)19)5-7(14)6-10(11)15/h5-6,8H,3-4H2,1-2H3,(H,18,19)(H2,16,17,20). The maximum Gasteiger partial charge on any atom is 0.337 e. The normalized spacial score (nSPS) is 10.4. The highest BCUT2D eigenvalue weighted by Gasteiger charge is 2.17. The highest BCUT2D eigenvalue weighted by molar-refractivity contribution is 9.11. The van der Waals surface area contributed by atoms with Crippen LogP contribution in [0.2, 0.25) is 0 Å². The molecule has 3 N–H and O–H groups in total. The lowest BCUT2D eigenvalue weighted by atomic mass is 10.1. The quantitative estimate of drug-likeness (QED) is 0.683. The summed E-state index contributed by atoms with van der Waals surface area (Å²) in [6.07, 6.45) is 1.63. The summed E-state index contributed by atoms with van der Waals surface area (Å²) < 4.78 is 1.12. The lowest BCUT2D eigenvalue weighted by Gasteiger charge is -2.17. The summed E-state index contributed by atoms with van der Waals surface area (Å²) >= 11 is 6.48.